The highest BCUT2D eigenvalue weighted by molar-refractivity contribution is 5.68. The molecule has 29 heavy (non-hydrogen) atoms. The number of carbonyl (C=O) groups is 1. The molecule has 1 atom stereocenters. The van der Waals surface area contributed by atoms with Gasteiger partial charge >= 0.3 is 5.97 Å². The van der Waals surface area contributed by atoms with E-state index in [0.717, 1.165) is 17.7 Å². The van der Waals surface area contributed by atoms with Crippen molar-refractivity contribution in [1.82, 2.24) is 0 Å². The quantitative estimate of drug-likeness (QED) is 0.577. The number of ether oxygens (including phenoxy) is 1. The minimum Gasteiger partial charge on any atom is -0.489 e. The minimum atomic E-state index is -0.754. The molecule has 2 aromatic carbocycles. The zero-order valence-electron chi connectivity index (χ0n) is 18.4. The van der Waals surface area contributed by atoms with Crippen molar-refractivity contribution in [1.29, 1.82) is 0 Å². The molecule has 0 amide bonds. The molecule has 0 saturated heterocycles. The Labute approximate surface area is 175 Å². The number of aliphatic carboxylic acids is 1. The molecule has 0 bridgehead atoms. The highest BCUT2D eigenvalue weighted by atomic mass is 16.5. The van der Waals surface area contributed by atoms with Gasteiger partial charge in [0.2, 0.25) is 0 Å². The second-order valence-corrected chi connectivity index (χ2v) is 9.71. The van der Waals surface area contributed by atoms with Crippen molar-refractivity contribution in [3.05, 3.63) is 64.7 Å². The van der Waals surface area contributed by atoms with Gasteiger partial charge in [0.1, 0.15) is 12.4 Å². The molecule has 1 N–H and O–H groups in total. The molecule has 0 fully saturated rings. The van der Waals surface area contributed by atoms with E-state index in [0.29, 0.717) is 6.61 Å². The molecule has 0 saturated carbocycles. The van der Waals surface area contributed by atoms with Crippen molar-refractivity contribution in [2.24, 2.45) is 0 Å². The lowest BCUT2D eigenvalue weighted by Gasteiger charge is -2.42. The lowest BCUT2D eigenvalue weighted by molar-refractivity contribution is -0.137. The summed E-state index contributed by atoms with van der Waals surface area (Å²) in [6.45, 7) is 11.9. The predicted octanol–water partition coefficient (Wildman–Crippen LogP) is 6.58. The van der Waals surface area contributed by atoms with Gasteiger partial charge in [0.15, 0.2) is 0 Å². The van der Waals surface area contributed by atoms with E-state index in [1.165, 1.54) is 29.5 Å². The zero-order chi connectivity index (χ0) is 21.2. The molecule has 0 spiro atoms. The van der Waals surface area contributed by atoms with Crippen molar-refractivity contribution in [3.63, 3.8) is 0 Å². The summed E-state index contributed by atoms with van der Waals surface area (Å²) >= 11 is 0. The first kappa shape index (κ1) is 21.4. The third-order valence-electron chi connectivity index (χ3n) is 6.59. The maximum atomic E-state index is 11.0. The van der Waals surface area contributed by atoms with Crippen molar-refractivity contribution >= 4 is 5.97 Å². The van der Waals surface area contributed by atoms with Crippen LogP contribution in [0.25, 0.3) is 0 Å². The molecule has 3 rings (SSSR count). The first-order valence-electron chi connectivity index (χ1n) is 10.7. The maximum Gasteiger partial charge on any atom is 0.303 e. The number of fused-ring (bicyclic) bond motifs is 1. The summed E-state index contributed by atoms with van der Waals surface area (Å²) in [5, 5.41) is 9.07. The number of hydrogen-bond donors (Lipinski definition) is 1. The standard InChI is InChI=1S/C26H34O3/c1-6-19(16-24(27)28)20-8-10-21(11-9-20)29-17-18-7-12-22-23(15-18)26(4,5)14-13-25(22,2)3/h7-12,15,19H,6,13-14,16-17H2,1-5H3,(H,27,28)/t19-/m1/s1. The third-order valence-corrected chi connectivity index (χ3v) is 6.59. The number of carboxylic acids is 1. The molecule has 1 aliphatic rings. The topological polar surface area (TPSA) is 46.5 Å². The Bertz CT molecular complexity index is 862. The predicted molar refractivity (Wildman–Crippen MR) is 118 cm³/mol. The van der Waals surface area contributed by atoms with E-state index in [1.807, 2.05) is 31.2 Å². The Kier molecular flexibility index (Phi) is 6.07. The van der Waals surface area contributed by atoms with E-state index >= 15 is 0 Å². The van der Waals surface area contributed by atoms with Gasteiger partial charge in [0.05, 0.1) is 6.42 Å². The van der Waals surface area contributed by atoms with Crippen LogP contribution in [-0.4, -0.2) is 11.1 Å². The first-order valence-corrected chi connectivity index (χ1v) is 10.7. The van der Waals surface area contributed by atoms with Crippen molar-refractivity contribution < 1.29 is 14.6 Å². The fourth-order valence-corrected chi connectivity index (χ4v) is 4.44. The molecular weight excluding hydrogens is 360 g/mol. The maximum absolute atomic E-state index is 11.0. The van der Waals surface area contributed by atoms with E-state index in [1.54, 1.807) is 0 Å². The van der Waals surface area contributed by atoms with E-state index in [4.69, 9.17) is 9.84 Å². The Morgan fingerprint density at radius 3 is 2.21 bits per heavy atom. The largest absolute Gasteiger partial charge is 0.489 e. The van der Waals surface area contributed by atoms with E-state index in [9.17, 15) is 4.79 Å². The molecular formula is C26H34O3. The second-order valence-electron chi connectivity index (χ2n) is 9.71. The van der Waals surface area contributed by atoms with Crippen LogP contribution in [0, 0.1) is 0 Å². The Hall–Kier alpha value is -2.29. The molecule has 0 radical (unpaired) electrons. The van der Waals surface area contributed by atoms with Crippen LogP contribution in [-0.2, 0) is 22.2 Å². The molecule has 3 heteroatoms. The van der Waals surface area contributed by atoms with E-state index in [-0.39, 0.29) is 23.2 Å². The fraction of sp³-hybridized carbons (Fsp3) is 0.500. The van der Waals surface area contributed by atoms with Crippen LogP contribution in [0.4, 0.5) is 0 Å². The molecule has 0 aromatic heterocycles. The van der Waals surface area contributed by atoms with Crippen molar-refractivity contribution in [2.75, 3.05) is 0 Å². The summed E-state index contributed by atoms with van der Waals surface area (Å²) in [6.07, 6.45) is 3.40. The summed E-state index contributed by atoms with van der Waals surface area (Å²) in [7, 11) is 0. The highest BCUT2D eigenvalue weighted by Crippen LogP contribution is 2.45. The number of hydrogen-bond acceptors (Lipinski definition) is 2. The SMILES string of the molecule is CC[C@H](CC(=O)O)c1ccc(OCc2ccc3c(c2)C(C)(C)CCC3(C)C)cc1. The van der Waals surface area contributed by atoms with Crippen LogP contribution in [0.15, 0.2) is 42.5 Å². The van der Waals surface area contributed by atoms with Gasteiger partial charge < -0.3 is 9.84 Å². The molecule has 3 nitrogen and oxygen atoms in total. The lowest BCUT2D eigenvalue weighted by Crippen LogP contribution is -2.33. The van der Waals surface area contributed by atoms with E-state index < -0.39 is 5.97 Å². The van der Waals surface area contributed by atoms with Crippen LogP contribution >= 0.6 is 0 Å². The minimum absolute atomic E-state index is 0.0489. The van der Waals surface area contributed by atoms with Crippen molar-refractivity contribution in [2.45, 2.75) is 83.7 Å². The Balaban J connectivity index is 1.71. The number of carboxylic acid groups (broad SMARTS) is 1. The van der Waals surface area contributed by atoms with Crippen LogP contribution in [0.3, 0.4) is 0 Å². The van der Waals surface area contributed by atoms with Crippen LogP contribution in [0.5, 0.6) is 5.75 Å². The van der Waals surface area contributed by atoms with Gasteiger partial charge in [-0.25, -0.2) is 0 Å². The molecule has 0 aliphatic heterocycles. The number of benzene rings is 2. The second kappa shape index (κ2) is 8.22. The Morgan fingerprint density at radius 2 is 1.62 bits per heavy atom. The van der Waals surface area contributed by atoms with Gasteiger partial charge in [-0.2, -0.15) is 0 Å². The Morgan fingerprint density at radius 1 is 1.00 bits per heavy atom. The third kappa shape index (κ3) is 4.83. The summed E-state index contributed by atoms with van der Waals surface area (Å²) in [5.41, 5.74) is 5.58. The van der Waals surface area contributed by atoms with Crippen LogP contribution in [0.1, 0.15) is 88.5 Å². The average molecular weight is 395 g/mol. The van der Waals surface area contributed by atoms with Crippen LogP contribution in [0.2, 0.25) is 0 Å². The average Bonchev–Trinajstić information content (AvgIpc) is 2.68. The van der Waals surface area contributed by atoms with Gasteiger partial charge in [0.25, 0.3) is 0 Å². The van der Waals surface area contributed by atoms with E-state index in [2.05, 4.69) is 45.9 Å². The summed E-state index contributed by atoms with van der Waals surface area (Å²) in [6, 6.07) is 14.7. The smallest absolute Gasteiger partial charge is 0.303 e. The highest BCUT2D eigenvalue weighted by Gasteiger charge is 2.36. The van der Waals surface area contributed by atoms with Gasteiger partial charge in [0, 0.05) is 0 Å². The molecule has 156 valence electrons. The van der Waals surface area contributed by atoms with Crippen LogP contribution < -0.4 is 4.74 Å². The normalized spacial score (nSPS) is 18.0. The van der Waals surface area contributed by atoms with Gasteiger partial charge in [-0.05, 0) is 70.4 Å². The summed E-state index contributed by atoms with van der Waals surface area (Å²) in [5.74, 6) is 0.111. The fourth-order valence-electron chi connectivity index (χ4n) is 4.44. The van der Waals surface area contributed by atoms with Gasteiger partial charge in [-0.3, -0.25) is 4.79 Å². The summed E-state index contributed by atoms with van der Waals surface area (Å²) in [4.78, 5) is 11.0. The monoisotopic (exact) mass is 394 g/mol. The lowest BCUT2D eigenvalue weighted by atomic mass is 9.63. The van der Waals surface area contributed by atoms with Crippen molar-refractivity contribution in [3.8, 4) is 5.75 Å². The first-order chi connectivity index (χ1) is 13.6. The summed E-state index contributed by atoms with van der Waals surface area (Å²) < 4.78 is 6.04. The molecule has 0 unspecified atom stereocenters. The molecule has 0 heterocycles. The molecule has 2 aromatic rings. The zero-order valence-corrected chi connectivity index (χ0v) is 18.4. The van der Waals surface area contributed by atoms with Gasteiger partial charge in [-0.15, -0.1) is 0 Å². The van der Waals surface area contributed by atoms with Gasteiger partial charge in [-0.1, -0.05) is 65.0 Å². The molecule has 1 aliphatic carbocycles. The number of rotatable bonds is 7.